The molecule has 0 amide bonds. The van der Waals surface area contributed by atoms with Crippen LogP contribution in [0.1, 0.15) is 0 Å². The Morgan fingerprint density at radius 2 is 1.69 bits per heavy atom. The van der Waals surface area contributed by atoms with Gasteiger partial charge >= 0.3 is 0 Å². The summed E-state index contributed by atoms with van der Waals surface area (Å²) in [5.74, 6) is 0.130. The molecule has 0 saturated carbocycles. The van der Waals surface area contributed by atoms with Crippen molar-refractivity contribution < 1.29 is 5.11 Å². The summed E-state index contributed by atoms with van der Waals surface area (Å²) in [6.45, 7) is 0. The Morgan fingerprint density at radius 3 is 2.46 bits per heavy atom. The molecule has 1 nitrogen and oxygen atoms in total. The SMILES string of the molecule is Oc1cc(Cl)c2cccc(Cl)c2c1. The summed E-state index contributed by atoms with van der Waals surface area (Å²) in [6, 6.07) is 8.56. The van der Waals surface area contributed by atoms with E-state index in [1.54, 1.807) is 12.1 Å². The number of rotatable bonds is 0. The van der Waals surface area contributed by atoms with Gasteiger partial charge in [-0.1, -0.05) is 35.3 Å². The molecule has 0 aliphatic heterocycles. The highest BCUT2D eigenvalue weighted by molar-refractivity contribution is 6.39. The number of halogens is 2. The number of hydrogen-bond acceptors (Lipinski definition) is 1. The van der Waals surface area contributed by atoms with E-state index in [-0.39, 0.29) is 5.75 Å². The molecule has 2 aromatic rings. The zero-order chi connectivity index (χ0) is 9.42. The molecule has 1 N–H and O–H groups in total. The molecule has 2 rings (SSSR count). The van der Waals surface area contributed by atoms with Crippen LogP contribution in [0, 0.1) is 0 Å². The van der Waals surface area contributed by atoms with Crippen molar-refractivity contribution in [1.29, 1.82) is 0 Å². The van der Waals surface area contributed by atoms with Crippen molar-refractivity contribution >= 4 is 34.0 Å². The molecular formula is C10H6Cl2O. The standard InChI is InChI=1S/C10H6Cl2O/c11-9-3-1-2-7-8(9)4-6(13)5-10(7)12/h1-5,13H. The number of benzene rings is 2. The first-order valence-electron chi connectivity index (χ1n) is 3.75. The van der Waals surface area contributed by atoms with Gasteiger partial charge in [0.05, 0.1) is 5.02 Å². The highest BCUT2D eigenvalue weighted by atomic mass is 35.5. The van der Waals surface area contributed by atoms with Crippen LogP contribution in [0.3, 0.4) is 0 Å². The van der Waals surface area contributed by atoms with Crippen molar-refractivity contribution in [3.05, 3.63) is 40.4 Å². The fourth-order valence-electron chi connectivity index (χ4n) is 1.29. The lowest BCUT2D eigenvalue weighted by molar-refractivity contribution is 0.476. The molecule has 0 unspecified atom stereocenters. The third-order valence-electron chi connectivity index (χ3n) is 1.88. The van der Waals surface area contributed by atoms with Gasteiger partial charge in [-0.25, -0.2) is 0 Å². The predicted molar refractivity (Wildman–Crippen MR) is 55.6 cm³/mol. The van der Waals surface area contributed by atoms with Crippen LogP contribution < -0.4 is 0 Å². The molecule has 0 aliphatic carbocycles. The van der Waals surface area contributed by atoms with Crippen LogP contribution in [0.4, 0.5) is 0 Å². The Balaban J connectivity index is 2.94. The quantitative estimate of drug-likeness (QED) is 0.704. The second-order valence-electron chi connectivity index (χ2n) is 2.76. The summed E-state index contributed by atoms with van der Waals surface area (Å²) in [7, 11) is 0. The van der Waals surface area contributed by atoms with Crippen molar-refractivity contribution in [2.45, 2.75) is 0 Å². The van der Waals surface area contributed by atoms with E-state index >= 15 is 0 Å². The maximum absolute atomic E-state index is 9.29. The van der Waals surface area contributed by atoms with Gasteiger partial charge in [0.1, 0.15) is 5.75 Å². The molecule has 0 saturated heterocycles. The Kier molecular flexibility index (Phi) is 2.06. The average Bonchev–Trinajstić information content (AvgIpc) is 2.07. The van der Waals surface area contributed by atoms with Crippen molar-refractivity contribution in [2.24, 2.45) is 0 Å². The van der Waals surface area contributed by atoms with Crippen molar-refractivity contribution in [3.63, 3.8) is 0 Å². The second-order valence-corrected chi connectivity index (χ2v) is 3.58. The van der Waals surface area contributed by atoms with Crippen molar-refractivity contribution in [1.82, 2.24) is 0 Å². The molecule has 0 atom stereocenters. The minimum absolute atomic E-state index is 0.130. The van der Waals surface area contributed by atoms with E-state index in [9.17, 15) is 5.11 Å². The number of fused-ring (bicyclic) bond motifs is 1. The van der Waals surface area contributed by atoms with Gasteiger partial charge in [0.2, 0.25) is 0 Å². The van der Waals surface area contributed by atoms with Gasteiger partial charge in [-0.3, -0.25) is 0 Å². The summed E-state index contributed by atoms with van der Waals surface area (Å²) in [5.41, 5.74) is 0. The van der Waals surface area contributed by atoms with Crippen molar-refractivity contribution in [2.75, 3.05) is 0 Å². The topological polar surface area (TPSA) is 20.2 Å². The lowest BCUT2D eigenvalue weighted by Gasteiger charge is -2.02. The van der Waals surface area contributed by atoms with Gasteiger partial charge in [-0.05, 0) is 18.2 Å². The first-order valence-corrected chi connectivity index (χ1v) is 4.51. The van der Waals surface area contributed by atoms with Crippen LogP contribution in [-0.4, -0.2) is 5.11 Å². The maximum atomic E-state index is 9.29. The molecular weight excluding hydrogens is 207 g/mol. The Hall–Kier alpha value is -0.920. The molecule has 0 aliphatic rings. The summed E-state index contributed by atoms with van der Waals surface area (Å²) in [5, 5.41) is 12.0. The zero-order valence-electron chi connectivity index (χ0n) is 6.59. The van der Waals surface area contributed by atoms with E-state index in [0.29, 0.717) is 10.0 Å². The van der Waals surface area contributed by atoms with Gasteiger partial charge in [0.25, 0.3) is 0 Å². The van der Waals surface area contributed by atoms with E-state index in [1.807, 2.05) is 12.1 Å². The zero-order valence-corrected chi connectivity index (χ0v) is 8.10. The predicted octanol–water partition coefficient (Wildman–Crippen LogP) is 3.85. The van der Waals surface area contributed by atoms with E-state index in [2.05, 4.69) is 0 Å². The molecule has 13 heavy (non-hydrogen) atoms. The van der Waals surface area contributed by atoms with Crippen LogP contribution in [0.15, 0.2) is 30.3 Å². The Morgan fingerprint density at radius 1 is 0.923 bits per heavy atom. The molecule has 0 fully saturated rings. The van der Waals surface area contributed by atoms with E-state index in [4.69, 9.17) is 23.2 Å². The largest absolute Gasteiger partial charge is 0.508 e. The third kappa shape index (κ3) is 1.45. The summed E-state index contributed by atoms with van der Waals surface area (Å²) < 4.78 is 0. The highest BCUT2D eigenvalue weighted by Gasteiger charge is 2.03. The van der Waals surface area contributed by atoms with Crippen LogP contribution >= 0.6 is 23.2 Å². The van der Waals surface area contributed by atoms with Crippen LogP contribution in [0.25, 0.3) is 10.8 Å². The molecule has 0 spiro atoms. The normalized spacial score (nSPS) is 10.6. The third-order valence-corrected chi connectivity index (χ3v) is 2.52. The first kappa shape index (κ1) is 8.67. The Bertz CT molecular complexity index is 466. The van der Waals surface area contributed by atoms with Gasteiger partial charge in [-0.2, -0.15) is 0 Å². The molecule has 0 bridgehead atoms. The maximum Gasteiger partial charge on any atom is 0.117 e. The average molecular weight is 213 g/mol. The highest BCUT2D eigenvalue weighted by Crippen LogP contribution is 2.32. The van der Waals surface area contributed by atoms with E-state index < -0.39 is 0 Å². The Labute approximate surface area is 85.5 Å². The van der Waals surface area contributed by atoms with Gasteiger partial charge in [0.15, 0.2) is 0 Å². The monoisotopic (exact) mass is 212 g/mol. The molecule has 0 heterocycles. The molecule has 3 heteroatoms. The molecule has 66 valence electrons. The van der Waals surface area contributed by atoms with Gasteiger partial charge in [-0.15, -0.1) is 0 Å². The second kappa shape index (κ2) is 3.09. The van der Waals surface area contributed by atoms with Crippen LogP contribution in [-0.2, 0) is 0 Å². The number of phenolic OH excluding ortho intramolecular Hbond substituents is 1. The number of phenols is 1. The summed E-state index contributed by atoms with van der Waals surface area (Å²) >= 11 is 11.8. The van der Waals surface area contributed by atoms with Gasteiger partial charge < -0.3 is 5.11 Å². The minimum atomic E-state index is 0.130. The number of aromatic hydroxyl groups is 1. The van der Waals surface area contributed by atoms with Crippen LogP contribution in [0.2, 0.25) is 10.0 Å². The molecule has 0 radical (unpaired) electrons. The van der Waals surface area contributed by atoms with Gasteiger partial charge in [0, 0.05) is 15.8 Å². The lowest BCUT2D eigenvalue weighted by Crippen LogP contribution is -1.75. The summed E-state index contributed by atoms with van der Waals surface area (Å²) in [6.07, 6.45) is 0. The smallest absolute Gasteiger partial charge is 0.117 e. The lowest BCUT2D eigenvalue weighted by atomic mass is 10.1. The molecule has 0 aromatic heterocycles. The van der Waals surface area contributed by atoms with E-state index in [1.165, 1.54) is 6.07 Å². The number of hydrogen-bond donors (Lipinski definition) is 1. The fraction of sp³-hybridized carbons (Fsp3) is 0. The minimum Gasteiger partial charge on any atom is -0.508 e. The van der Waals surface area contributed by atoms with Crippen molar-refractivity contribution in [3.8, 4) is 5.75 Å². The fourth-order valence-corrected chi connectivity index (χ4v) is 1.79. The first-order chi connectivity index (χ1) is 6.18. The van der Waals surface area contributed by atoms with E-state index in [0.717, 1.165) is 10.8 Å². The summed E-state index contributed by atoms with van der Waals surface area (Å²) in [4.78, 5) is 0. The van der Waals surface area contributed by atoms with Crippen LogP contribution in [0.5, 0.6) is 5.75 Å². The molecule has 2 aromatic carbocycles.